The molecule has 14 heavy (non-hydrogen) atoms. The number of cyclic esters (lactones) is 2. The summed E-state index contributed by atoms with van der Waals surface area (Å²) < 4.78 is 9.98. The molecule has 1 saturated heterocycles. The van der Waals surface area contributed by atoms with E-state index in [2.05, 4.69) is 0 Å². The van der Waals surface area contributed by atoms with Crippen LogP contribution >= 0.6 is 0 Å². The van der Waals surface area contributed by atoms with Crippen LogP contribution in [0, 0.1) is 5.92 Å². The number of hydrogen-bond donors (Lipinski definition) is 0. The van der Waals surface area contributed by atoms with Gasteiger partial charge in [-0.15, -0.1) is 0 Å². The Bertz CT molecular complexity index is 190. The number of hydrogen-bond acceptors (Lipinski definition) is 4. The topological polar surface area (TPSA) is 52.6 Å². The van der Waals surface area contributed by atoms with Crippen LogP contribution in [-0.4, -0.2) is 25.2 Å². The number of ether oxygens (including phenoxy) is 2. The molecule has 1 heterocycles. The highest BCUT2D eigenvalue weighted by Crippen LogP contribution is 2.07. The molecule has 0 N–H and O–H groups in total. The third-order valence-electron chi connectivity index (χ3n) is 2.07. The van der Waals surface area contributed by atoms with Gasteiger partial charge < -0.3 is 9.47 Å². The second kappa shape index (κ2) is 5.62. The van der Waals surface area contributed by atoms with Crippen LogP contribution in [-0.2, 0) is 19.1 Å². The third kappa shape index (κ3) is 4.25. The Morgan fingerprint density at radius 3 is 1.86 bits per heavy atom. The molecule has 1 aliphatic rings. The summed E-state index contributed by atoms with van der Waals surface area (Å²) in [7, 11) is 0. The van der Waals surface area contributed by atoms with Crippen molar-refractivity contribution in [2.45, 2.75) is 32.6 Å². The van der Waals surface area contributed by atoms with E-state index < -0.39 is 0 Å². The quantitative estimate of drug-likeness (QED) is 0.553. The summed E-state index contributed by atoms with van der Waals surface area (Å²) >= 11 is 0. The van der Waals surface area contributed by atoms with Crippen LogP contribution in [0.4, 0.5) is 0 Å². The number of esters is 2. The Hall–Kier alpha value is -1.06. The summed E-state index contributed by atoms with van der Waals surface area (Å²) in [6.07, 6.45) is 2.20. The summed E-state index contributed by atoms with van der Waals surface area (Å²) in [6, 6.07) is 0. The molecule has 0 aromatic heterocycles. The first-order valence-corrected chi connectivity index (χ1v) is 4.99. The summed E-state index contributed by atoms with van der Waals surface area (Å²) in [5.41, 5.74) is 0. The number of rotatable bonds is 0. The van der Waals surface area contributed by atoms with Crippen LogP contribution in [0.5, 0.6) is 0 Å². The lowest BCUT2D eigenvalue weighted by molar-refractivity contribution is -0.147. The van der Waals surface area contributed by atoms with Crippen LogP contribution in [0.3, 0.4) is 0 Å². The van der Waals surface area contributed by atoms with Gasteiger partial charge in [0.05, 0.1) is 13.2 Å². The van der Waals surface area contributed by atoms with E-state index in [-0.39, 0.29) is 17.9 Å². The Morgan fingerprint density at radius 1 is 1.00 bits per heavy atom. The van der Waals surface area contributed by atoms with Gasteiger partial charge in [-0.2, -0.15) is 0 Å². The molecule has 0 aliphatic carbocycles. The van der Waals surface area contributed by atoms with Crippen molar-refractivity contribution < 1.29 is 19.1 Å². The van der Waals surface area contributed by atoms with E-state index >= 15 is 0 Å². The van der Waals surface area contributed by atoms with Crippen LogP contribution in [0.15, 0.2) is 0 Å². The van der Waals surface area contributed by atoms with Crippen molar-refractivity contribution in [2.75, 3.05) is 13.2 Å². The first-order chi connectivity index (χ1) is 6.68. The fraction of sp³-hybridized carbons (Fsp3) is 0.800. The molecule has 0 aromatic rings. The van der Waals surface area contributed by atoms with Gasteiger partial charge in [0.2, 0.25) is 0 Å². The van der Waals surface area contributed by atoms with Gasteiger partial charge in [-0.25, -0.2) is 0 Å². The van der Waals surface area contributed by atoms with Crippen molar-refractivity contribution in [3.05, 3.63) is 0 Å². The highest BCUT2D eigenvalue weighted by atomic mass is 16.5. The number of carbonyl (C=O) groups excluding carboxylic acids is 2. The zero-order valence-corrected chi connectivity index (χ0v) is 8.45. The van der Waals surface area contributed by atoms with Crippen molar-refractivity contribution in [1.29, 1.82) is 0 Å². The molecule has 0 unspecified atom stereocenters. The standard InChI is InChI=1S/C10H16O4/c1-8-6-13-9(11)4-2-3-5-10(12)14-7-8/h8H,2-7H2,1H3. The minimum absolute atomic E-state index is 0.0843. The van der Waals surface area contributed by atoms with Crippen LogP contribution in [0.2, 0.25) is 0 Å². The van der Waals surface area contributed by atoms with E-state index in [0.29, 0.717) is 38.9 Å². The molecule has 0 aromatic carbocycles. The summed E-state index contributed by atoms with van der Waals surface area (Å²) in [4.78, 5) is 22.2. The lowest BCUT2D eigenvalue weighted by Crippen LogP contribution is -2.17. The van der Waals surface area contributed by atoms with E-state index in [1.54, 1.807) is 0 Å². The zero-order chi connectivity index (χ0) is 10.4. The molecule has 0 atom stereocenters. The lowest BCUT2D eigenvalue weighted by Gasteiger charge is -2.11. The molecule has 1 fully saturated rings. The minimum atomic E-state index is -0.175. The van der Waals surface area contributed by atoms with Gasteiger partial charge in [0.25, 0.3) is 0 Å². The largest absolute Gasteiger partial charge is 0.465 e. The van der Waals surface area contributed by atoms with Gasteiger partial charge in [-0.05, 0) is 12.8 Å². The molecular formula is C10H16O4. The van der Waals surface area contributed by atoms with Crippen LogP contribution in [0.1, 0.15) is 32.6 Å². The molecule has 0 radical (unpaired) electrons. The predicted molar refractivity (Wildman–Crippen MR) is 49.6 cm³/mol. The SMILES string of the molecule is CC1COC(=O)CCCCC(=O)OC1. The first-order valence-electron chi connectivity index (χ1n) is 4.99. The smallest absolute Gasteiger partial charge is 0.305 e. The molecule has 4 nitrogen and oxygen atoms in total. The maximum absolute atomic E-state index is 11.1. The minimum Gasteiger partial charge on any atom is -0.465 e. The molecule has 4 heteroatoms. The fourth-order valence-electron chi connectivity index (χ4n) is 1.20. The van der Waals surface area contributed by atoms with Crippen molar-refractivity contribution in [3.8, 4) is 0 Å². The average Bonchev–Trinajstić information content (AvgIpc) is 2.19. The van der Waals surface area contributed by atoms with Gasteiger partial charge >= 0.3 is 11.9 Å². The summed E-state index contributed by atoms with van der Waals surface area (Å²) in [5, 5.41) is 0. The van der Waals surface area contributed by atoms with Crippen LogP contribution in [0.25, 0.3) is 0 Å². The van der Waals surface area contributed by atoms with Crippen molar-refractivity contribution in [3.63, 3.8) is 0 Å². The lowest BCUT2D eigenvalue weighted by atomic mass is 10.2. The molecule has 1 aliphatic heterocycles. The van der Waals surface area contributed by atoms with Gasteiger partial charge in [0.1, 0.15) is 0 Å². The van der Waals surface area contributed by atoms with Crippen LogP contribution < -0.4 is 0 Å². The van der Waals surface area contributed by atoms with E-state index in [0.717, 1.165) is 0 Å². The highest BCUT2D eigenvalue weighted by molar-refractivity contribution is 5.70. The maximum Gasteiger partial charge on any atom is 0.305 e. The van der Waals surface area contributed by atoms with Gasteiger partial charge in [-0.3, -0.25) is 9.59 Å². The Labute approximate surface area is 83.6 Å². The normalized spacial score (nSPS) is 22.1. The molecular weight excluding hydrogens is 184 g/mol. The third-order valence-corrected chi connectivity index (χ3v) is 2.07. The van der Waals surface area contributed by atoms with E-state index in [4.69, 9.17) is 9.47 Å². The van der Waals surface area contributed by atoms with Gasteiger partial charge in [0, 0.05) is 18.8 Å². The maximum atomic E-state index is 11.1. The Balaban J connectivity index is 2.40. The first kappa shape index (κ1) is 11.0. The average molecular weight is 200 g/mol. The molecule has 0 saturated carbocycles. The molecule has 1 rings (SSSR count). The predicted octanol–water partition coefficient (Wildman–Crippen LogP) is 1.28. The Kier molecular flexibility index (Phi) is 4.43. The van der Waals surface area contributed by atoms with Crippen molar-refractivity contribution in [1.82, 2.24) is 0 Å². The second-order valence-corrected chi connectivity index (χ2v) is 3.68. The molecule has 0 bridgehead atoms. The zero-order valence-electron chi connectivity index (χ0n) is 8.45. The molecule has 0 spiro atoms. The molecule has 80 valence electrons. The fourth-order valence-corrected chi connectivity index (χ4v) is 1.20. The summed E-state index contributed by atoms with van der Waals surface area (Å²) in [5.74, 6) is -0.265. The Morgan fingerprint density at radius 2 is 1.43 bits per heavy atom. The van der Waals surface area contributed by atoms with Gasteiger partial charge in [-0.1, -0.05) is 6.92 Å². The highest BCUT2D eigenvalue weighted by Gasteiger charge is 2.12. The van der Waals surface area contributed by atoms with E-state index in [1.807, 2.05) is 6.92 Å². The van der Waals surface area contributed by atoms with Crippen molar-refractivity contribution in [2.24, 2.45) is 5.92 Å². The van der Waals surface area contributed by atoms with E-state index in [9.17, 15) is 9.59 Å². The monoisotopic (exact) mass is 200 g/mol. The second-order valence-electron chi connectivity index (χ2n) is 3.68. The molecule has 0 amide bonds. The van der Waals surface area contributed by atoms with Gasteiger partial charge in [0.15, 0.2) is 0 Å². The summed E-state index contributed by atoms with van der Waals surface area (Å²) in [6.45, 7) is 2.57. The number of carbonyl (C=O) groups is 2. The van der Waals surface area contributed by atoms with E-state index in [1.165, 1.54) is 0 Å². The van der Waals surface area contributed by atoms with Crippen molar-refractivity contribution >= 4 is 11.9 Å².